The van der Waals surface area contributed by atoms with Crippen LogP contribution in [-0.4, -0.2) is 37.3 Å². The minimum absolute atomic E-state index is 0.663. The highest BCUT2D eigenvalue weighted by Gasteiger charge is 2.21. The molecule has 5 heteroatoms. The summed E-state index contributed by atoms with van der Waals surface area (Å²) in [6, 6.07) is 3.71. The van der Waals surface area contributed by atoms with Gasteiger partial charge in [-0.3, -0.25) is 0 Å². The van der Waals surface area contributed by atoms with Crippen LogP contribution in [0.5, 0.6) is 5.75 Å². The fourth-order valence-corrected chi connectivity index (χ4v) is 3.67. The Balaban J connectivity index is 2.70. The molecule has 0 bridgehead atoms. The van der Waals surface area contributed by atoms with Gasteiger partial charge in [-0.2, -0.15) is 0 Å². The lowest BCUT2D eigenvalue weighted by molar-refractivity contribution is -0.919. The van der Waals surface area contributed by atoms with E-state index in [0.29, 0.717) is 12.3 Å². The van der Waals surface area contributed by atoms with Crippen molar-refractivity contribution in [1.82, 2.24) is 0 Å². The average molecular weight is 407 g/mol. The van der Waals surface area contributed by atoms with E-state index >= 15 is 0 Å². The second-order valence-electron chi connectivity index (χ2n) is 4.83. The molecule has 0 fully saturated rings. The minimum Gasteiger partial charge on any atom is -0.485 e. The van der Waals surface area contributed by atoms with Crippen LogP contribution in [-0.2, 0) is 0 Å². The summed E-state index contributed by atoms with van der Waals surface area (Å²) in [5, 5.41) is 0. The fraction of sp³-hybridized carbons (Fsp3) is 0.467. The number of nitrogen functional groups attached to an aromatic ring is 1. The summed E-state index contributed by atoms with van der Waals surface area (Å²) in [6.07, 6.45) is 1.99. The first-order valence-corrected chi connectivity index (χ1v) is 8.40. The number of nitrogens with zero attached hydrogens (tertiary/aromatic N) is 1. The number of likely N-dealkylation sites (N-methyl/N-ethyl adjacent to an activating group) is 1. The van der Waals surface area contributed by atoms with Crippen LogP contribution >= 0.6 is 31.9 Å². The Morgan fingerprint density at radius 3 is 2.25 bits per heavy atom. The third kappa shape index (κ3) is 4.50. The molecule has 0 radical (unpaired) electrons. The molecule has 0 unspecified atom stereocenters. The molecule has 0 amide bonds. The molecule has 0 spiro atoms. The number of halogens is 2. The second-order valence-corrected chi connectivity index (χ2v) is 6.54. The van der Waals surface area contributed by atoms with Crippen molar-refractivity contribution in [2.24, 2.45) is 0 Å². The Morgan fingerprint density at radius 1 is 1.25 bits per heavy atom. The number of hydrogen-bond acceptors (Lipinski definition) is 2. The normalized spacial score (nSPS) is 11.4. The summed E-state index contributed by atoms with van der Waals surface area (Å²) in [5.74, 6) is 0.808. The van der Waals surface area contributed by atoms with E-state index < -0.39 is 0 Å². The maximum atomic E-state index is 5.93. The summed E-state index contributed by atoms with van der Waals surface area (Å²) in [7, 11) is 0. The molecule has 112 valence electrons. The molecule has 20 heavy (non-hydrogen) atoms. The SMILES string of the molecule is C=CC[N+](CC)(CC)CCOc1c(Br)cc(N)cc1Br. The summed E-state index contributed by atoms with van der Waals surface area (Å²) in [5.41, 5.74) is 6.48. The molecule has 1 rings (SSSR count). The molecule has 2 N–H and O–H groups in total. The zero-order valence-electron chi connectivity index (χ0n) is 12.2. The third-order valence-corrected chi connectivity index (χ3v) is 4.87. The predicted molar refractivity (Wildman–Crippen MR) is 93.0 cm³/mol. The summed E-state index contributed by atoms with van der Waals surface area (Å²) < 4.78 is 8.67. The topological polar surface area (TPSA) is 35.2 Å². The standard InChI is InChI=1S/C15H23Br2N2O/c1-4-7-19(5-2,6-3)8-9-20-15-13(16)10-12(18)11-14(15)17/h4,10-11H,1,5-9,18H2,2-3H3/q+1. The van der Waals surface area contributed by atoms with Gasteiger partial charge >= 0.3 is 0 Å². The molecule has 0 atom stereocenters. The third-order valence-electron chi connectivity index (χ3n) is 3.69. The lowest BCUT2D eigenvalue weighted by Gasteiger charge is -2.35. The van der Waals surface area contributed by atoms with E-state index in [2.05, 4.69) is 52.3 Å². The van der Waals surface area contributed by atoms with Gasteiger partial charge in [0.2, 0.25) is 0 Å². The van der Waals surface area contributed by atoms with Crippen molar-refractivity contribution in [3.8, 4) is 5.75 Å². The largest absolute Gasteiger partial charge is 0.485 e. The monoisotopic (exact) mass is 405 g/mol. The van der Waals surface area contributed by atoms with Crippen molar-refractivity contribution in [3.05, 3.63) is 33.7 Å². The van der Waals surface area contributed by atoms with Gasteiger partial charge in [0.05, 0.1) is 28.6 Å². The van der Waals surface area contributed by atoms with Gasteiger partial charge in [-0.25, -0.2) is 0 Å². The molecule has 0 saturated heterocycles. The van der Waals surface area contributed by atoms with Crippen molar-refractivity contribution < 1.29 is 9.22 Å². The second kappa shape index (κ2) is 8.05. The van der Waals surface area contributed by atoms with Gasteiger partial charge in [-0.05, 0) is 63.9 Å². The molecule has 3 nitrogen and oxygen atoms in total. The predicted octanol–water partition coefficient (Wildman–Crippen LogP) is 4.22. The van der Waals surface area contributed by atoms with Crippen molar-refractivity contribution in [3.63, 3.8) is 0 Å². The van der Waals surface area contributed by atoms with E-state index in [1.54, 1.807) is 0 Å². The number of nitrogens with two attached hydrogens (primary N) is 1. The Labute approximate surface area is 138 Å². The Kier molecular flexibility index (Phi) is 7.06. The van der Waals surface area contributed by atoms with Gasteiger partial charge in [0, 0.05) is 5.69 Å². The first-order chi connectivity index (χ1) is 9.48. The van der Waals surface area contributed by atoms with Crippen LogP contribution in [0.25, 0.3) is 0 Å². The van der Waals surface area contributed by atoms with Gasteiger partial charge in [0.1, 0.15) is 18.9 Å². The van der Waals surface area contributed by atoms with Crippen LogP contribution in [0.2, 0.25) is 0 Å². The van der Waals surface area contributed by atoms with Crippen molar-refractivity contribution >= 4 is 37.5 Å². The Bertz CT molecular complexity index is 436. The fourth-order valence-electron chi connectivity index (χ4n) is 2.22. The molecule has 0 aromatic heterocycles. The van der Waals surface area contributed by atoms with Crippen LogP contribution in [0.4, 0.5) is 5.69 Å². The van der Waals surface area contributed by atoms with E-state index in [4.69, 9.17) is 10.5 Å². The quantitative estimate of drug-likeness (QED) is 0.398. The van der Waals surface area contributed by atoms with Gasteiger partial charge in [0.25, 0.3) is 0 Å². The van der Waals surface area contributed by atoms with E-state index in [0.717, 1.165) is 45.4 Å². The van der Waals surface area contributed by atoms with E-state index in [9.17, 15) is 0 Å². The average Bonchev–Trinajstić information content (AvgIpc) is 2.40. The number of rotatable bonds is 8. The molecule has 0 heterocycles. The first-order valence-electron chi connectivity index (χ1n) is 6.81. The maximum absolute atomic E-state index is 5.93. The van der Waals surface area contributed by atoms with Crippen LogP contribution in [0.3, 0.4) is 0 Å². The minimum atomic E-state index is 0.663. The lowest BCUT2D eigenvalue weighted by Crippen LogP contribution is -2.50. The highest BCUT2D eigenvalue weighted by Crippen LogP contribution is 2.35. The van der Waals surface area contributed by atoms with E-state index in [-0.39, 0.29) is 0 Å². The van der Waals surface area contributed by atoms with E-state index in [1.165, 1.54) is 0 Å². The van der Waals surface area contributed by atoms with Crippen molar-refractivity contribution in [2.75, 3.05) is 38.5 Å². The molecule has 0 saturated carbocycles. The van der Waals surface area contributed by atoms with Gasteiger partial charge < -0.3 is 15.0 Å². The zero-order valence-corrected chi connectivity index (χ0v) is 15.3. The van der Waals surface area contributed by atoms with Gasteiger partial charge in [-0.1, -0.05) is 6.58 Å². The van der Waals surface area contributed by atoms with Crippen LogP contribution in [0.15, 0.2) is 33.7 Å². The van der Waals surface area contributed by atoms with Gasteiger partial charge in [0.15, 0.2) is 0 Å². The van der Waals surface area contributed by atoms with Crippen LogP contribution in [0.1, 0.15) is 13.8 Å². The van der Waals surface area contributed by atoms with Gasteiger partial charge in [-0.15, -0.1) is 0 Å². The Morgan fingerprint density at radius 2 is 1.80 bits per heavy atom. The summed E-state index contributed by atoms with van der Waals surface area (Å²) in [6.45, 7) is 13.0. The highest BCUT2D eigenvalue weighted by atomic mass is 79.9. The molecule has 0 aliphatic heterocycles. The smallest absolute Gasteiger partial charge is 0.148 e. The molecule has 0 aliphatic carbocycles. The number of quaternary nitrogens is 1. The molecule has 1 aromatic rings. The zero-order chi connectivity index (χ0) is 15.2. The summed E-state index contributed by atoms with van der Waals surface area (Å²) in [4.78, 5) is 0. The lowest BCUT2D eigenvalue weighted by atomic mass is 10.3. The number of anilines is 1. The summed E-state index contributed by atoms with van der Waals surface area (Å²) >= 11 is 6.97. The maximum Gasteiger partial charge on any atom is 0.148 e. The molecule has 0 aliphatic rings. The molecule has 1 aromatic carbocycles. The molecular formula is C15H23Br2N2O+. The van der Waals surface area contributed by atoms with Crippen LogP contribution < -0.4 is 10.5 Å². The Hall–Kier alpha value is -0.520. The molecular weight excluding hydrogens is 384 g/mol. The number of ether oxygens (including phenoxy) is 1. The van der Waals surface area contributed by atoms with E-state index in [1.807, 2.05) is 18.2 Å². The van der Waals surface area contributed by atoms with Crippen LogP contribution in [0, 0.1) is 0 Å². The number of benzene rings is 1. The highest BCUT2D eigenvalue weighted by molar-refractivity contribution is 9.11. The van der Waals surface area contributed by atoms with Crippen molar-refractivity contribution in [2.45, 2.75) is 13.8 Å². The first kappa shape index (κ1) is 17.5. The number of hydrogen-bond donors (Lipinski definition) is 1. The van der Waals surface area contributed by atoms with Crippen molar-refractivity contribution in [1.29, 1.82) is 0 Å².